The molecule has 1 fully saturated rings. The molecule has 1 rings (SSSR count). The van der Waals surface area contributed by atoms with E-state index < -0.39 is 11.9 Å². The summed E-state index contributed by atoms with van der Waals surface area (Å²) in [5.74, 6) is -1.40. The quantitative estimate of drug-likeness (QED) is 0.740. The van der Waals surface area contributed by atoms with Gasteiger partial charge in [-0.05, 0) is 25.7 Å². The Morgan fingerprint density at radius 1 is 1.14 bits per heavy atom. The van der Waals surface area contributed by atoms with E-state index in [2.05, 4.69) is 0 Å². The van der Waals surface area contributed by atoms with Gasteiger partial charge in [0.05, 0.1) is 5.92 Å². The van der Waals surface area contributed by atoms with E-state index in [9.17, 15) is 14.4 Å². The molecule has 0 aromatic heterocycles. The average Bonchev–Trinajstić information content (AvgIpc) is 2.52. The number of hydrogen-bond acceptors (Lipinski definition) is 3. The number of carboxylic acid groups (broad SMARTS) is 1. The lowest BCUT2D eigenvalue weighted by Gasteiger charge is -2.31. The third-order valence-corrected chi connectivity index (χ3v) is 4.02. The molecule has 22 heavy (non-hydrogen) atoms. The van der Waals surface area contributed by atoms with Crippen LogP contribution in [-0.2, 0) is 14.4 Å². The summed E-state index contributed by atoms with van der Waals surface area (Å²) in [4.78, 5) is 38.7. The Bertz CT molecular complexity index is 392. The van der Waals surface area contributed by atoms with E-state index in [0.29, 0.717) is 19.4 Å². The molecule has 0 spiro atoms. The molecule has 1 aliphatic heterocycles. The van der Waals surface area contributed by atoms with E-state index in [4.69, 9.17) is 5.11 Å². The Hall–Kier alpha value is -1.59. The summed E-state index contributed by atoms with van der Waals surface area (Å²) < 4.78 is 0. The maximum atomic E-state index is 12.2. The molecule has 1 atom stereocenters. The Balaban J connectivity index is 2.44. The first-order chi connectivity index (χ1) is 10.5. The molecule has 1 heterocycles. The van der Waals surface area contributed by atoms with Gasteiger partial charge in [-0.1, -0.05) is 13.8 Å². The number of piperidine rings is 1. The van der Waals surface area contributed by atoms with E-state index in [1.165, 1.54) is 0 Å². The van der Waals surface area contributed by atoms with Crippen LogP contribution in [0.15, 0.2) is 0 Å². The fraction of sp³-hybridized carbons (Fsp3) is 0.812. The molecule has 0 aromatic rings. The molecule has 1 saturated heterocycles. The zero-order valence-corrected chi connectivity index (χ0v) is 13.7. The summed E-state index contributed by atoms with van der Waals surface area (Å²) in [7, 11) is 0. The molecule has 0 aliphatic carbocycles. The summed E-state index contributed by atoms with van der Waals surface area (Å²) in [5, 5.41) is 9.05. The molecule has 1 N–H and O–H groups in total. The second-order valence-corrected chi connectivity index (χ2v) is 5.90. The number of carbonyl (C=O) groups is 3. The number of hydrogen-bond donors (Lipinski definition) is 1. The predicted molar refractivity (Wildman–Crippen MR) is 83.3 cm³/mol. The number of amides is 2. The smallest absolute Gasteiger partial charge is 0.308 e. The molecule has 6 nitrogen and oxygen atoms in total. The van der Waals surface area contributed by atoms with Crippen LogP contribution in [0.2, 0.25) is 0 Å². The van der Waals surface area contributed by atoms with Crippen LogP contribution in [0.3, 0.4) is 0 Å². The van der Waals surface area contributed by atoms with Gasteiger partial charge >= 0.3 is 5.97 Å². The van der Waals surface area contributed by atoms with E-state index in [1.54, 1.807) is 4.90 Å². The lowest BCUT2D eigenvalue weighted by molar-refractivity contribution is -0.146. The van der Waals surface area contributed by atoms with Crippen molar-refractivity contribution in [2.75, 3.05) is 26.2 Å². The minimum atomic E-state index is -0.842. The van der Waals surface area contributed by atoms with Gasteiger partial charge in [0.2, 0.25) is 11.8 Å². The largest absolute Gasteiger partial charge is 0.481 e. The lowest BCUT2D eigenvalue weighted by Crippen LogP contribution is -2.42. The van der Waals surface area contributed by atoms with E-state index in [0.717, 1.165) is 25.9 Å². The first kappa shape index (κ1) is 18.5. The zero-order valence-electron chi connectivity index (χ0n) is 13.7. The van der Waals surface area contributed by atoms with E-state index in [1.807, 2.05) is 18.7 Å². The van der Waals surface area contributed by atoms with Gasteiger partial charge in [0, 0.05) is 39.0 Å². The van der Waals surface area contributed by atoms with Gasteiger partial charge in [0.15, 0.2) is 0 Å². The highest BCUT2D eigenvalue weighted by molar-refractivity contribution is 5.84. The molecule has 6 heteroatoms. The van der Waals surface area contributed by atoms with Crippen LogP contribution in [0, 0.1) is 5.92 Å². The third-order valence-electron chi connectivity index (χ3n) is 4.02. The monoisotopic (exact) mass is 312 g/mol. The highest BCUT2D eigenvalue weighted by Gasteiger charge is 2.28. The maximum Gasteiger partial charge on any atom is 0.308 e. The average molecular weight is 312 g/mol. The standard InChI is InChI=1S/C16H28N2O4/c1-3-9-17(10-4-2)14(19)7-8-15(20)18-11-5-6-13(12-18)16(21)22/h13H,3-12H2,1-2H3,(H,21,22)/t13-/m0/s1. The topological polar surface area (TPSA) is 77.9 Å². The summed E-state index contributed by atoms with van der Waals surface area (Å²) in [6.45, 7) is 6.39. The molecular formula is C16H28N2O4. The minimum absolute atomic E-state index is 0.0174. The Morgan fingerprint density at radius 3 is 2.32 bits per heavy atom. The molecule has 0 unspecified atom stereocenters. The van der Waals surface area contributed by atoms with Crippen LogP contribution in [0.25, 0.3) is 0 Å². The Labute approximate surface area is 132 Å². The zero-order chi connectivity index (χ0) is 16.5. The van der Waals surface area contributed by atoms with Crippen molar-refractivity contribution in [2.45, 2.75) is 52.4 Å². The first-order valence-electron chi connectivity index (χ1n) is 8.27. The number of aliphatic carboxylic acids is 1. The number of rotatable bonds is 8. The van der Waals surface area contributed by atoms with Crippen molar-refractivity contribution in [1.29, 1.82) is 0 Å². The molecule has 1 aliphatic rings. The van der Waals surface area contributed by atoms with E-state index >= 15 is 0 Å². The highest BCUT2D eigenvalue weighted by Crippen LogP contribution is 2.17. The van der Waals surface area contributed by atoms with Gasteiger partial charge in [0.1, 0.15) is 0 Å². The van der Waals surface area contributed by atoms with Crippen molar-refractivity contribution >= 4 is 17.8 Å². The van der Waals surface area contributed by atoms with Crippen molar-refractivity contribution in [3.63, 3.8) is 0 Å². The number of carbonyl (C=O) groups excluding carboxylic acids is 2. The summed E-state index contributed by atoms with van der Waals surface area (Å²) in [6, 6.07) is 0. The van der Waals surface area contributed by atoms with Gasteiger partial charge in [-0.25, -0.2) is 0 Å². The molecule has 126 valence electrons. The van der Waals surface area contributed by atoms with Gasteiger partial charge < -0.3 is 14.9 Å². The van der Waals surface area contributed by atoms with Crippen molar-refractivity contribution in [1.82, 2.24) is 9.80 Å². The van der Waals surface area contributed by atoms with Gasteiger partial charge in [-0.2, -0.15) is 0 Å². The molecule has 0 bridgehead atoms. The Morgan fingerprint density at radius 2 is 1.77 bits per heavy atom. The molecule has 0 radical (unpaired) electrons. The van der Waals surface area contributed by atoms with Gasteiger partial charge in [-0.15, -0.1) is 0 Å². The van der Waals surface area contributed by atoms with E-state index in [-0.39, 0.29) is 31.2 Å². The Kier molecular flexibility index (Phi) is 7.91. The van der Waals surface area contributed by atoms with Crippen LogP contribution in [0.1, 0.15) is 52.4 Å². The fourth-order valence-electron chi connectivity index (χ4n) is 2.84. The minimum Gasteiger partial charge on any atom is -0.481 e. The van der Waals surface area contributed by atoms with Gasteiger partial charge in [0.25, 0.3) is 0 Å². The van der Waals surface area contributed by atoms with Crippen molar-refractivity contribution in [3.05, 3.63) is 0 Å². The molecule has 0 saturated carbocycles. The highest BCUT2D eigenvalue weighted by atomic mass is 16.4. The van der Waals surface area contributed by atoms with Crippen LogP contribution in [-0.4, -0.2) is 58.9 Å². The fourth-order valence-corrected chi connectivity index (χ4v) is 2.84. The van der Waals surface area contributed by atoms with Crippen molar-refractivity contribution < 1.29 is 19.5 Å². The first-order valence-corrected chi connectivity index (χ1v) is 8.27. The maximum absolute atomic E-state index is 12.2. The SMILES string of the molecule is CCCN(CCC)C(=O)CCC(=O)N1CCC[C@H](C(=O)O)C1. The number of nitrogens with zero attached hydrogens (tertiary/aromatic N) is 2. The predicted octanol–water partition coefficient (Wildman–Crippen LogP) is 1.74. The van der Waals surface area contributed by atoms with Crippen LogP contribution in [0.5, 0.6) is 0 Å². The molecular weight excluding hydrogens is 284 g/mol. The third kappa shape index (κ3) is 5.66. The number of likely N-dealkylation sites (tertiary alicyclic amines) is 1. The second kappa shape index (κ2) is 9.43. The summed E-state index contributed by atoms with van der Waals surface area (Å²) >= 11 is 0. The molecule has 2 amide bonds. The lowest BCUT2D eigenvalue weighted by atomic mass is 9.98. The summed E-state index contributed by atoms with van der Waals surface area (Å²) in [6.07, 6.45) is 3.55. The van der Waals surface area contributed by atoms with Crippen molar-refractivity contribution in [2.24, 2.45) is 5.92 Å². The number of carboxylic acids is 1. The van der Waals surface area contributed by atoms with Gasteiger partial charge in [-0.3, -0.25) is 14.4 Å². The van der Waals surface area contributed by atoms with Crippen LogP contribution >= 0.6 is 0 Å². The normalized spacial score (nSPS) is 18.1. The summed E-state index contributed by atoms with van der Waals surface area (Å²) in [5.41, 5.74) is 0. The van der Waals surface area contributed by atoms with Crippen molar-refractivity contribution in [3.8, 4) is 0 Å². The van der Waals surface area contributed by atoms with Crippen LogP contribution in [0.4, 0.5) is 0 Å². The molecule has 0 aromatic carbocycles. The second-order valence-electron chi connectivity index (χ2n) is 5.90. The van der Waals surface area contributed by atoms with Crippen LogP contribution < -0.4 is 0 Å².